The Balaban J connectivity index is 1.64. The van der Waals surface area contributed by atoms with Crippen LogP contribution in [0.5, 0.6) is 5.75 Å². The molecular weight excluding hydrogens is 338 g/mol. The molecule has 0 aromatic heterocycles. The Morgan fingerprint density at radius 1 is 1.00 bits per heavy atom. The van der Waals surface area contributed by atoms with Crippen molar-refractivity contribution in [3.8, 4) is 5.75 Å². The molecule has 0 aliphatic carbocycles. The van der Waals surface area contributed by atoms with Crippen LogP contribution < -0.4 is 10.1 Å². The van der Waals surface area contributed by atoms with E-state index in [0.29, 0.717) is 36.4 Å². The van der Waals surface area contributed by atoms with E-state index in [2.05, 4.69) is 5.32 Å². The van der Waals surface area contributed by atoms with Crippen molar-refractivity contribution < 1.29 is 14.3 Å². The normalized spacial score (nSPS) is 10.3. The Morgan fingerprint density at radius 2 is 1.68 bits per heavy atom. The Morgan fingerprint density at radius 3 is 2.32 bits per heavy atom. The first-order valence-electron chi connectivity index (χ1n) is 8.27. The summed E-state index contributed by atoms with van der Waals surface area (Å²) in [5.41, 5.74) is 1.77. The number of halogens is 1. The first-order chi connectivity index (χ1) is 12.1. The lowest BCUT2D eigenvalue weighted by atomic mass is 10.1. The van der Waals surface area contributed by atoms with Gasteiger partial charge in [0.15, 0.2) is 5.78 Å². The standard InChI is InChI=1S/C20H22ClNO3/c1-25-18-11-7-16(8-12-18)19(23)3-2-4-20(24)22-14-13-15-5-9-17(21)10-6-15/h5-12H,2-4,13-14H2,1H3,(H,22,24). The number of carbonyl (C=O) groups excluding carboxylic acids is 2. The van der Waals surface area contributed by atoms with E-state index in [9.17, 15) is 9.59 Å². The first kappa shape index (κ1) is 19.0. The van der Waals surface area contributed by atoms with Gasteiger partial charge in [0.25, 0.3) is 0 Å². The first-order valence-corrected chi connectivity index (χ1v) is 8.64. The maximum Gasteiger partial charge on any atom is 0.220 e. The van der Waals surface area contributed by atoms with Crippen LogP contribution in [-0.2, 0) is 11.2 Å². The van der Waals surface area contributed by atoms with Crippen molar-refractivity contribution in [2.75, 3.05) is 13.7 Å². The molecule has 2 rings (SSSR count). The van der Waals surface area contributed by atoms with Gasteiger partial charge in [-0.3, -0.25) is 9.59 Å². The number of carbonyl (C=O) groups is 2. The number of hydrogen-bond acceptors (Lipinski definition) is 3. The zero-order valence-corrected chi connectivity index (χ0v) is 15.0. The van der Waals surface area contributed by atoms with Crippen LogP contribution in [0.25, 0.3) is 0 Å². The van der Waals surface area contributed by atoms with E-state index in [1.54, 1.807) is 31.4 Å². The summed E-state index contributed by atoms with van der Waals surface area (Å²) in [6.45, 7) is 0.576. The fourth-order valence-corrected chi connectivity index (χ4v) is 2.54. The topological polar surface area (TPSA) is 55.4 Å². The lowest BCUT2D eigenvalue weighted by Crippen LogP contribution is -2.25. The van der Waals surface area contributed by atoms with Gasteiger partial charge in [-0.2, -0.15) is 0 Å². The molecule has 0 fully saturated rings. The number of nitrogens with one attached hydrogen (secondary N) is 1. The molecule has 132 valence electrons. The van der Waals surface area contributed by atoms with Gasteiger partial charge in [0.05, 0.1) is 7.11 Å². The second-order valence-corrected chi connectivity index (χ2v) is 6.17. The summed E-state index contributed by atoms with van der Waals surface area (Å²) in [6.07, 6.45) is 2.00. The number of Topliss-reactive ketones (excluding diaryl/α,β-unsaturated/α-hetero) is 1. The van der Waals surface area contributed by atoms with Gasteiger partial charge in [-0.25, -0.2) is 0 Å². The Labute approximate surface area is 153 Å². The molecule has 4 nitrogen and oxygen atoms in total. The number of hydrogen-bond donors (Lipinski definition) is 1. The van der Waals surface area contributed by atoms with Crippen molar-refractivity contribution in [3.63, 3.8) is 0 Å². The van der Waals surface area contributed by atoms with E-state index in [0.717, 1.165) is 17.7 Å². The fourth-order valence-electron chi connectivity index (χ4n) is 2.42. The number of rotatable bonds is 9. The Bertz CT molecular complexity index is 696. The summed E-state index contributed by atoms with van der Waals surface area (Å²) in [4.78, 5) is 23.9. The largest absolute Gasteiger partial charge is 0.497 e. The summed E-state index contributed by atoms with van der Waals surface area (Å²) in [6, 6.07) is 14.6. The molecule has 25 heavy (non-hydrogen) atoms. The molecule has 1 amide bonds. The molecule has 0 aliphatic heterocycles. The minimum absolute atomic E-state index is 0.0310. The van der Waals surface area contributed by atoms with Crippen molar-refractivity contribution in [1.82, 2.24) is 5.32 Å². The summed E-state index contributed by atoms with van der Waals surface area (Å²) < 4.78 is 5.07. The smallest absolute Gasteiger partial charge is 0.220 e. The highest BCUT2D eigenvalue weighted by atomic mass is 35.5. The second kappa shape index (κ2) is 9.84. The highest BCUT2D eigenvalue weighted by molar-refractivity contribution is 6.30. The minimum Gasteiger partial charge on any atom is -0.497 e. The van der Waals surface area contributed by atoms with Gasteiger partial charge in [-0.05, 0) is 54.8 Å². The zero-order chi connectivity index (χ0) is 18.1. The maximum absolute atomic E-state index is 12.1. The lowest BCUT2D eigenvalue weighted by Gasteiger charge is -2.06. The average Bonchev–Trinajstić information content (AvgIpc) is 2.63. The number of ether oxygens (including phenoxy) is 1. The third kappa shape index (κ3) is 6.59. The van der Waals surface area contributed by atoms with Gasteiger partial charge in [-0.15, -0.1) is 0 Å². The van der Waals surface area contributed by atoms with Gasteiger partial charge in [0.2, 0.25) is 5.91 Å². The Hall–Kier alpha value is -2.33. The van der Waals surface area contributed by atoms with Gasteiger partial charge < -0.3 is 10.1 Å². The summed E-state index contributed by atoms with van der Waals surface area (Å²) >= 11 is 5.83. The molecule has 0 aliphatic rings. The molecule has 0 radical (unpaired) electrons. The summed E-state index contributed by atoms with van der Waals surface area (Å²) in [5.74, 6) is 0.727. The third-order valence-electron chi connectivity index (χ3n) is 3.87. The average molecular weight is 360 g/mol. The molecule has 1 N–H and O–H groups in total. The van der Waals surface area contributed by atoms with E-state index >= 15 is 0 Å². The highest BCUT2D eigenvalue weighted by Crippen LogP contribution is 2.14. The lowest BCUT2D eigenvalue weighted by molar-refractivity contribution is -0.121. The highest BCUT2D eigenvalue weighted by Gasteiger charge is 2.08. The van der Waals surface area contributed by atoms with Gasteiger partial charge >= 0.3 is 0 Å². The van der Waals surface area contributed by atoms with Crippen molar-refractivity contribution in [2.45, 2.75) is 25.7 Å². The molecule has 0 unspecified atom stereocenters. The van der Waals surface area contributed by atoms with Crippen LogP contribution in [0.3, 0.4) is 0 Å². The minimum atomic E-state index is -0.0310. The van der Waals surface area contributed by atoms with E-state index < -0.39 is 0 Å². The number of benzene rings is 2. The van der Waals surface area contributed by atoms with Crippen LogP contribution >= 0.6 is 11.6 Å². The van der Waals surface area contributed by atoms with Crippen molar-refractivity contribution >= 4 is 23.3 Å². The second-order valence-electron chi connectivity index (χ2n) is 5.73. The zero-order valence-electron chi connectivity index (χ0n) is 14.3. The summed E-state index contributed by atoms with van der Waals surface area (Å²) in [7, 11) is 1.59. The molecule has 5 heteroatoms. The molecule has 0 atom stereocenters. The fraction of sp³-hybridized carbons (Fsp3) is 0.300. The van der Waals surface area contributed by atoms with Crippen LogP contribution in [0.15, 0.2) is 48.5 Å². The maximum atomic E-state index is 12.1. The van der Waals surface area contributed by atoms with Crippen molar-refractivity contribution in [1.29, 1.82) is 0 Å². The van der Waals surface area contributed by atoms with Gasteiger partial charge in [0, 0.05) is 30.0 Å². The van der Waals surface area contributed by atoms with E-state index in [1.807, 2.05) is 24.3 Å². The third-order valence-corrected chi connectivity index (χ3v) is 4.12. The van der Waals surface area contributed by atoms with E-state index in [4.69, 9.17) is 16.3 Å². The van der Waals surface area contributed by atoms with Gasteiger partial charge in [0.1, 0.15) is 5.75 Å². The molecule has 0 spiro atoms. The predicted molar refractivity (Wildman–Crippen MR) is 99.3 cm³/mol. The number of amides is 1. The molecule has 0 bridgehead atoms. The number of methoxy groups -OCH3 is 1. The van der Waals surface area contributed by atoms with Crippen molar-refractivity contribution in [2.24, 2.45) is 0 Å². The molecule has 0 heterocycles. The van der Waals surface area contributed by atoms with Gasteiger partial charge in [-0.1, -0.05) is 23.7 Å². The molecule has 2 aromatic rings. The SMILES string of the molecule is COc1ccc(C(=O)CCCC(=O)NCCc2ccc(Cl)cc2)cc1. The summed E-state index contributed by atoms with van der Waals surface area (Å²) in [5, 5.41) is 3.58. The molecule has 2 aromatic carbocycles. The van der Waals surface area contributed by atoms with E-state index in [-0.39, 0.29) is 11.7 Å². The molecular formula is C20H22ClNO3. The molecule has 0 saturated carbocycles. The quantitative estimate of drug-likeness (QED) is 0.687. The van der Waals surface area contributed by atoms with E-state index in [1.165, 1.54) is 0 Å². The van der Waals surface area contributed by atoms with Crippen LogP contribution in [0, 0.1) is 0 Å². The van der Waals surface area contributed by atoms with Crippen LogP contribution in [0.4, 0.5) is 0 Å². The van der Waals surface area contributed by atoms with Crippen LogP contribution in [-0.4, -0.2) is 25.3 Å². The number of ketones is 1. The predicted octanol–water partition coefficient (Wildman–Crippen LogP) is 4.06. The van der Waals surface area contributed by atoms with Crippen LogP contribution in [0.2, 0.25) is 5.02 Å². The monoisotopic (exact) mass is 359 g/mol. The van der Waals surface area contributed by atoms with Crippen molar-refractivity contribution in [3.05, 3.63) is 64.7 Å². The molecule has 0 saturated heterocycles. The van der Waals surface area contributed by atoms with Crippen LogP contribution in [0.1, 0.15) is 35.2 Å². The Kier molecular flexibility index (Phi) is 7.48.